The van der Waals surface area contributed by atoms with Crippen molar-refractivity contribution in [2.24, 2.45) is 0 Å². The number of nitrogens with zero attached hydrogens (tertiary/aromatic N) is 1. The first-order valence-corrected chi connectivity index (χ1v) is 9.44. The Balaban J connectivity index is 1.33. The average Bonchev–Trinajstić information content (AvgIpc) is 3.42. The number of hydrogen-bond acceptors (Lipinski definition) is 8. The van der Waals surface area contributed by atoms with Crippen molar-refractivity contribution in [3.63, 3.8) is 0 Å². The molecule has 0 fully saturated rings. The lowest BCUT2D eigenvalue weighted by atomic mass is 10.1. The number of H-pyrrole nitrogens is 1. The third-order valence-corrected chi connectivity index (χ3v) is 4.86. The van der Waals surface area contributed by atoms with E-state index < -0.39 is 17.2 Å². The molecule has 3 aromatic rings. The summed E-state index contributed by atoms with van der Waals surface area (Å²) in [6.45, 7) is 0.462. The summed E-state index contributed by atoms with van der Waals surface area (Å²) in [5, 5.41) is 12.7. The van der Waals surface area contributed by atoms with Gasteiger partial charge in [0.2, 0.25) is 19.3 Å². The number of aromatic nitrogens is 2. The summed E-state index contributed by atoms with van der Waals surface area (Å²) in [6, 6.07) is 10.6. The van der Waals surface area contributed by atoms with Gasteiger partial charge in [-0.05, 0) is 35.4 Å². The summed E-state index contributed by atoms with van der Waals surface area (Å²) >= 11 is 0. The first-order chi connectivity index (χ1) is 15.1. The Morgan fingerprint density at radius 3 is 2.29 bits per heavy atom. The Kier molecular flexibility index (Phi) is 4.58. The molecule has 1 aromatic heterocycles. The fourth-order valence-corrected chi connectivity index (χ4v) is 3.32. The van der Waals surface area contributed by atoms with E-state index in [1.54, 1.807) is 36.4 Å². The zero-order chi connectivity index (χ0) is 21.4. The van der Waals surface area contributed by atoms with Gasteiger partial charge in [0.25, 0.3) is 11.5 Å². The van der Waals surface area contributed by atoms with Crippen LogP contribution in [0.4, 0.5) is 0 Å². The van der Waals surface area contributed by atoms with Crippen LogP contribution in [0.15, 0.2) is 41.2 Å². The Bertz CT molecular complexity index is 1240. The lowest BCUT2D eigenvalue weighted by molar-refractivity contribution is 0.0942. The van der Waals surface area contributed by atoms with Crippen LogP contribution in [-0.4, -0.2) is 34.6 Å². The van der Waals surface area contributed by atoms with Crippen LogP contribution < -0.4 is 29.8 Å². The SMILES string of the molecule is O=C(NCc1ccc2c(c1)OCO2)c1nc(Cc2ccc3c(c2)OCO3)[nH]c(=O)c1O. The molecule has 1 amide bonds. The predicted octanol–water partition coefficient (Wildman–Crippen LogP) is 1.45. The number of rotatable bonds is 5. The predicted molar refractivity (Wildman–Crippen MR) is 106 cm³/mol. The number of benzene rings is 2. The number of carbonyl (C=O) groups is 1. The van der Waals surface area contributed by atoms with E-state index in [0.717, 1.165) is 11.1 Å². The van der Waals surface area contributed by atoms with E-state index in [0.29, 0.717) is 23.0 Å². The lowest BCUT2D eigenvalue weighted by Gasteiger charge is -2.09. The number of nitrogens with one attached hydrogen (secondary N) is 2. The number of hydrogen-bond donors (Lipinski definition) is 3. The van der Waals surface area contributed by atoms with Gasteiger partial charge >= 0.3 is 0 Å². The molecule has 2 aromatic carbocycles. The minimum Gasteiger partial charge on any atom is -0.501 e. The second-order valence-electron chi connectivity index (χ2n) is 6.94. The van der Waals surface area contributed by atoms with E-state index in [-0.39, 0.29) is 38.1 Å². The zero-order valence-corrected chi connectivity index (χ0v) is 16.1. The molecule has 0 aliphatic carbocycles. The summed E-state index contributed by atoms with van der Waals surface area (Å²) in [5.41, 5.74) is 0.423. The lowest BCUT2D eigenvalue weighted by Crippen LogP contribution is -2.27. The van der Waals surface area contributed by atoms with Gasteiger partial charge in [0.15, 0.2) is 28.7 Å². The second kappa shape index (κ2) is 7.56. The highest BCUT2D eigenvalue weighted by Gasteiger charge is 2.20. The maximum atomic E-state index is 12.6. The first kappa shape index (κ1) is 18.8. The Morgan fingerprint density at radius 2 is 1.58 bits per heavy atom. The number of fused-ring (bicyclic) bond motifs is 2. The monoisotopic (exact) mass is 423 g/mol. The van der Waals surface area contributed by atoms with Crippen LogP contribution in [0.2, 0.25) is 0 Å². The van der Waals surface area contributed by atoms with Gasteiger partial charge in [0.1, 0.15) is 5.82 Å². The smallest absolute Gasteiger partial charge is 0.293 e. The number of carbonyl (C=O) groups excluding carboxylic acids is 1. The average molecular weight is 423 g/mol. The molecule has 0 spiro atoms. The summed E-state index contributed by atoms with van der Waals surface area (Å²) in [4.78, 5) is 31.4. The number of aromatic amines is 1. The van der Waals surface area contributed by atoms with Crippen molar-refractivity contribution in [2.45, 2.75) is 13.0 Å². The topological polar surface area (TPSA) is 132 Å². The minimum atomic E-state index is -0.793. The van der Waals surface area contributed by atoms with Crippen LogP contribution in [0.25, 0.3) is 0 Å². The fraction of sp³-hybridized carbons (Fsp3) is 0.190. The van der Waals surface area contributed by atoms with Crippen molar-refractivity contribution < 1.29 is 28.8 Å². The second-order valence-corrected chi connectivity index (χ2v) is 6.94. The first-order valence-electron chi connectivity index (χ1n) is 9.44. The molecule has 0 radical (unpaired) electrons. The number of aromatic hydroxyl groups is 1. The Morgan fingerprint density at radius 1 is 0.968 bits per heavy atom. The van der Waals surface area contributed by atoms with Gasteiger partial charge in [-0.1, -0.05) is 12.1 Å². The van der Waals surface area contributed by atoms with Crippen LogP contribution >= 0.6 is 0 Å². The number of ether oxygens (including phenoxy) is 4. The Labute approximate surface area is 175 Å². The van der Waals surface area contributed by atoms with Crippen LogP contribution in [0.1, 0.15) is 27.4 Å². The van der Waals surface area contributed by atoms with Crippen LogP contribution in [0.5, 0.6) is 28.7 Å². The molecule has 10 nitrogen and oxygen atoms in total. The molecule has 158 valence electrons. The van der Waals surface area contributed by atoms with Crippen molar-refractivity contribution in [1.29, 1.82) is 0 Å². The molecule has 0 saturated heterocycles. The molecule has 10 heteroatoms. The standard InChI is InChI=1S/C21H17N3O7/c25-19-18(20(26)22-8-12-2-4-14-16(6-12)31-10-29-14)23-17(24-21(19)27)7-11-1-3-13-15(5-11)30-9-28-13/h1-6,25H,7-10H2,(H,22,26)(H,23,24,27). The fourth-order valence-electron chi connectivity index (χ4n) is 3.32. The van der Waals surface area contributed by atoms with E-state index in [1.807, 2.05) is 0 Å². The molecule has 0 bridgehead atoms. The van der Waals surface area contributed by atoms with Crippen LogP contribution in [0, 0.1) is 0 Å². The molecule has 0 unspecified atom stereocenters. The minimum absolute atomic E-state index is 0.154. The van der Waals surface area contributed by atoms with Gasteiger partial charge in [-0.15, -0.1) is 0 Å². The highest BCUT2D eigenvalue weighted by atomic mass is 16.7. The van der Waals surface area contributed by atoms with E-state index in [4.69, 9.17) is 18.9 Å². The highest BCUT2D eigenvalue weighted by molar-refractivity contribution is 5.94. The van der Waals surface area contributed by atoms with Crippen molar-refractivity contribution >= 4 is 5.91 Å². The molecular weight excluding hydrogens is 406 g/mol. The molecule has 0 atom stereocenters. The van der Waals surface area contributed by atoms with Crippen LogP contribution in [0.3, 0.4) is 0 Å². The van der Waals surface area contributed by atoms with E-state index in [2.05, 4.69) is 15.3 Å². The summed E-state index contributed by atoms with van der Waals surface area (Å²) in [6.07, 6.45) is 0.231. The van der Waals surface area contributed by atoms with Gasteiger partial charge in [-0.3, -0.25) is 9.59 Å². The summed E-state index contributed by atoms with van der Waals surface area (Å²) in [7, 11) is 0. The van der Waals surface area contributed by atoms with E-state index in [9.17, 15) is 14.7 Å². The van der Waals surface area contributed by atoms with Crippen molar-refractivity contribution in [2.75, 3.05) is 13.6 Å². The molecule has 31 heavy (non-hydrogen) atoms. The third-order valence-electron chi connectivity index (χ3n) is 4.86. The van der Waals surface area contributed by atoms with Crippen molar-refractivity contribution in [1.82, 2.24) is 15.3 Å². The van der Waals surface area contributed by atoms with E-state index >= 15 is 0 Å². The normalized spacial score (nSPS) is 13.3. The maximum absolute atomic E-state index is 12.6. The van der Waals surface area contributed by atoms with Crippen molar-refractivity contribution in [3.05, 3.63) is 69.4 Å². The van der Waals surface area contributed by atoms with Crippen LogP contribution in [-0.2, 0) is 13.0 Å². The Hall–Kier alpha value is -4.21. The van der Waals surface area contributed by atoms with Crippen molar-refractivity contribution in [3.8, 4) is 28.7 Å². The molecule has 0 saturated carbocycles. The molecule has 3 N–H and O–H groups in total. The quantitative estimate of drug-likeness (QED) is 0.562. The largest absolute Gasteiger partial charge is 0.501 e. The van der Waals surface area contributed by atoms with Gasteiger partial charge in [0, 0.05) is 13.0 Å². The van der Waals surface area contributed by atoms with E-state index in [1.165, 1.54) is 0 Å². The number of amides is 1. The molecule has 5 rings (SSSR count). The maximum Gasteiger partial charge on any atom is 0.293 e. The zero-order valence-electron chi connectivity index (χ0n) is 16.1. The van der Waals surface area contributed by atoms with Gasteiger partial charge in [0.05, 0.1) is 0 Å². The van der Waals surface area contributed by atoms with Gasteiger partial charge in [-0.25, -0.2) is 4.98 Å². The molecule has 2 aliphatic rings. The summed E-state index contributed by atoms with van der Waals surface area (Å²) in [5.74, 6) is 1.28. The molecule has 3 heterocycles. The third kappa shape index (κ3) is 3.70. The highest BCUT2D eigenvalue weighted by Crippen LogP contribution is 2.33. The summed E-state index contributed by atoms with van der Waals surface area (Å²) < 4.78 is 21.2. The van der Waals surface area contributed by atoms with Gasteiger partial charge < -0.3 is 34.4 Å². The van der Waals surface area contributed by atoms with Gasteiger partial charge in [-0.2, -0.15) is 0 Å². The molecule has 2 aliphatic heterocycles. The molecular formula is C21H17N3O7.